The number of fused-ring (bicyclic) bond motifs is 1. The van der Waals surface area contributed by atoms with Gasteiger partial charge in [-0.1, -0.05) is 18.2 Å². The average molecular weight is 336 g/mol. The number of carbonyl (C=O) groups is 1. The molecule has 0 saturated carbocycles. The second-order valence-corrected chi connectivity index (χ2v) is 6.02. The summed E-state index contributed by atoms with van der Waals surface area (Å²) in [5, 5.41) is 0.861. The van der Waals surface area contributed by atoms with Crippen molar-refractivity contribution in [1.29, 1.82) is 0 Å². The van der Waals surface area contributed by atoms with Gasteiger partial charge >= 0.3 is 0 Å². The molecule has 1 aromatic heterocycles. The van der Waals surface area contributed by atoms with E-state index in [0.29, 0.717) is 6.54 Å². The molecule has 0 aliphatic carbocycles. The van der Waals surface area contributed by atoms with Crippen LogP contribution in [-0.4, -0.2) is 34.4 Å². The van der Waals surface area contributed by atoms with E-state index in [2.05, 4.69) is 4.98 Å². The van der Waals surface area contributed by atoms with E-state index in [0.717, 1.165) is 30.2 Å². The predicted octanol–water partition coefficient (Wildman–Crippen LogP) is 2.29. The molecular formula is C17H22ClN3O2. The van der Waals surface area contributed by atoms with Gasteiger partial charge in [0.15, 0.2) is 0 Å². The van der Waals surface area contributed by atoms with Crippen LogP contribution in [0.4, 0.5) is 0 Å². The third kappa shape index (κ3) is 3.41. The van der Waals surface area contributed by atoms with Crippen molar-refractivity contribution in [2.45, 2.75) is 38.3 Å². The topological polar surface area (TPSA) is 79.2 Å². The van der Waals surface area contributed by atoms with Crippen molar-refractivity contribution in [3.05, 3.63) is 46.2 Å². The van der Waals surface area contributed by atoms with Crippen LogP contribution in [0.5, 0.6) is 0 Å². The van der Waals surface area contributed by atoms with Crippen molar-refractivity contribution in [2.75, 3.05) is 6.54 Å². The monoisotopic (exact) mass is 335 g/mol. The maximum Gasteiger partial charge on any atom is 0.261 e. The summed E-state index contributed by atoms with van der Waals surface area (Å²) in [6.45, 7) is 2.58. The van der Waals surface area contributed by atoms with E-state index in [1.54, 1.807) is 11.0 Å². The molecule has 1 fully saturated rings. The van der Waals surface area contributed by atoms with Gasteiger partial charge in [0.1, 0.15) is 5.56 Å². The Hall–Kier alpha value is -1.85. The van der Waals surface area contributed by atoms with Crippen LogP contribution in [0.2, 0.25) is 0 Å². The fourth-order valence-electron chi connectivity index (χ4n) is 3.22. The number of hydrogen-bond acceptors (Lipinski definition) is 3. The van der Waals surface area contributed by atoms with Crippen LogP contribution in [-0.2, 0) is 0 Å². The number of likely N-dealkylation sites (tertiary alicyclic amines) is 1. The van der Waals surface area contributed by atoms with Crippen LogP contribution < -0.4 is 11.3 Å². The number of H-pyrrole nitrogens is 1. The Labute approximate surface area is 141 Å². The summed E-state index contributed by atoms with van der Waals surface area (Å²) in [5.74, 6) is -0.214. The summed E-state index contributed by atoms with van der Waals surface area (Å²) in [7, 11) is 0. The predicted molar refractivity (Wildman–Crippen MR) is 94.1 cm³/mol. The number of pyridine rings is 1. The Bertz CT molecular complexity index is 757. The van der Waals surface area contributed by atoms with Crippen molar-refractivity contribution >= 4 is 29.2 Å². The van der Waals surface area contributed by atoms with Crippen LogP contribution in [0, 0.1) is 0 Å². The number of aromatic amines is 1. The lowest BCUT2D eigenvalue weighted by molar-refractivity contribution is 0.0582. The van der Waals surface area contributed by atoms with Gasteiger partial charge in [-0.05, 0) is 43.7 Å². The van der Waals surface area contributed by atoms with E-state index in [4.69, 9.17) is 5.73 Å². The maximum absolute atomic E-state index is 12.8. The maximum atomic E-state index is 12.8. The Kier molecular flexibility index (Phi) is 5.44. The van der Waals surface area contributed by atoms with Gasteiger partial charge in [0.2, 0.25) is 0 Å². The average Bonchev–Trinajstić information content (AvgIpc) is 2.53. The zero-order valence-electron chi connectivity index (χ0n) is 13.1. The number of hydrogen-bond donors (Lipinski definition) is 2. The molecule has 1 aromatic carbocycles. The van der Waals surface area contributed by atoms with Gasteiger partial charge in [-0.3, -0.25) is 9.59 Å². The van der Waals surface area contributed by atoms with Gasteiger partial charge in [-0.2, -0.15) is 0 Å². The molecule has 2 atom stereocenters. The van der Waals surface area contributed by atoms with Gasteiger partial charge in [-0.25, -0.2) is 0 Å². The first-order chi connectivity index (χ1) is 10.6. The third-order valence-electron chi connectivity index (χ3n) is 4.40. The number of nitrogens with zero attached hydrogens (tertiary/aromatic N) is 1. The first-order valence-corrected chi connectivity index (χ1v) is 7.76. The molecule has 1 aliphatic heterocycles. The Morgan fingerprint density at radius 3 is 2.83 bits per heavy atom. The summed E-state index contributed by atoms with van der Waals surface area (Å²) in [4.78, 5) is 29.6. The van der Waals surface area contributed by atoms with Gasteiger partial charge in [0.25, 0.3) is 11.5 Å². The third-order valence-corrected chi connectivity index (χ3v) is 4.40. The fourth-order valence-corrected chi connectivity index (χ4v) is 3.22. The van der Waals surface area contributed by atoms with Crippen molar-refractivity contribution in [1.82, 2.24) is 9.88 Å². The molecule has 23 heavy (non-hydrogen) atoms. The number of rotatable bonds is 2. The number of para-hydroxylation sites is 1. The van der Waals surface area contributed by atoms with E-state index < -0.39 is 0 Å². The summed E-state index contributed by atoms with van der Waals surface area (Å²) >= 11 is 0. The highest BCUT2D eigenvalue weighted by atomic mass is 35.5. The first kappa shape index (κ1) is 17.5. The molecule has 3 N–H and O–H groups in total. The highest BCUT2D eigenvalue weighted by Gasteiger charge is 2.31. The van der Waals surface area contributed by atoms with Gasteiger partial charge in [0.05, 0.1) is 0 Å². The van der Waals surface area contributed by atoms with Gasteiger partial charge in [-0.15, -0.1) is 12.4 Å². The second-order valence-electron chi connectivity index (χ2n) is 6.02. The molecule has 3 rings (SSSR count). The minimum absolute atomic E-state index is 0. The Balaban J connectivity index is 0.00000192. The normalized spacial score (nSPS) is 19.2. The number of benzene rings is 1. The van der Waals surface area contributed by atoms with Gasteiger partial charge in [0, 0.05) is 24.1 Å². The van der Waals surface area contributed by atoms with E-state index in [1.165, 1.54) is 0 Å². The molecular weight excluding hydrogens is 314 g/mol. The van der Waals surface area contributed by atoms with Crippen LogP contribution in [0.3, 0.4) is 0 Å². The largest absolute Gasteiger partial charge is 0.334 e. The van der Waals surface area contributed by atoms with E-state index in [1.807, 2.05) is 31.2 Å². The van der Waals surface area contributed by atoms with Crippen molar-refractivity contribution in [3.63, 3.8) is 0 Å². The molecule has 5 nitrogen and oxygen atoms in total. The number of aromatic nitrogens is 1. The van der Waals surface area contributed by atoms with Crippen LogP contribution in [0.25, 0.3) is 10.9 Å². The van der Waals surface area contributed by atoms with Gasteiger partial charge < -0.3 is 15.6 Å². The van der Waals surface area contributed by atoms with Crippen molar-refractivity contribution < 1.29 is 4.79 Å². The standard InChI is InChI=1S/C17H21N3O2.ClH/c1-11(18)15-8-4-5-9-20(15)17(22)13-10-12-6-2-3-7-14(12)19-16(13)21;/h2-3,6-7,10-11,15H,4-5,8-9,18H2,1H3,(H,19,21);1H. The quantitative estimate of drug-likeness (QED) is 0.883. The number of piperidine rings is 1. The Morgan fingerprint density at radius 2 is 2.09 bits per heavy atom. The molecule has 124 valence electrons. The molecule has 0 bridgehead atoms. The Morgan fingerprint density at radius 1 is 1.35 bits per heavy atom. The smallest absolute Gasteiger partial charge is 0.261 e. The lowest BCUT2D eigenvalue weighted by Gasteiger charge is -2.38. The summed E-state index contributed by atoms with van der Waals surface area (Å²) < 4.78 is 0. The summed E-state index contributed by atoms with van der Waals surface area (Å²) in [6.07, 6.45) is 2.93. The lowest BCUT2D eigenvalue weighted by atomic mass is 9.96. The SMILES string of the molecule is CC(N)C1CCCCN1C(=O)c1cc2ccccc2[nH]c1=O.Cl. The van der Waals surface area contributed by atoms with E-state index in [-0.39, 0.29) is 41.5 Å². The molecule has 0 spiro atoms. The van der Waals surface area contributed by atoms with E-state index in [9.17, 15) is 9.59 Å². The van der Waals surface area contributed by atoms with Crippen LogP contribution in [0.1, 0.15) is 36.5 Å². The highest BCUT2D eigenvalue weighted by Crippen LogP contribution is 2.21. The zero-order chi connectivity index (χ0) is 15.7. The lowest BCUT2D eigenvalue weighted by Crippen LogP contribution is -2.52. The number of halogens is 1. The number of nitrogens with two attached hydrogens (primary N) is 1. The molecule has 1 saturated heterocycles. The molecule has 6 heteroatoms. The van der Waals surface area contributed by atoms with Crippen molar-refractivity contribution in [2.24, 2.45) is 5.73 Å². The van der Waals surface area contributed by atoms with Crippen molar-refractivity contribution in [3.8, 4) is 0 Å². The summed E-state index contributed by atoms with van der Waals surface area (Å²) in [6, 6.07) is 9.06. The minimum Gasteiger partial charge on any atom is -0.334 e. The molecule has 2 aromatic rings. The molecule has 0 radical (unpaired) electrons. The molecule has 1 aliphatic rings. The summed E-state index contributed by atoms with van der Waals surface area (Å²) in [5.41, 5.74) is 6.63. The molecule has 2 heterocycles. The first-order valence-electron chi connectivity index (χ1n) is 7.76. The fraction of sp³-hybridized carbons (Fsp3) is 0.412. The molecule has 1 amide bonds. The second kappa shape index (κ2) is 7.15. The number of amides is 1. The molecule has 2 unspecified atom stereocenters. The zero-order valence-corrected chi connectivity index (χ0v) is 13.9. The number of nitrogens with one attached hydrogen (secondary N) is 1. The minimum atomic E-state index is -0.335. The highest BCUT2D eigenvalue weighted by molar-refractivity contribution is 5.97. The van der Waals surface area contributed by atoms with Crippen LogP contribution >= 0.6 is 12.4 Å². The number of carbonyl (C=O) groups excluding carboxylic acids is 1. The van der Waals surface area contributed by atoms with E-state index >= 15 is 0 Å². The van der Waals surface area contributed by atoms with Crippen LogP contribution in [0.15, 0.2) is 35.1 Å².